The maximum Gasteiger partial charge on any atom is 0.325 e. The van der Waals surface area contributed by atoms with Gasteiger partial charge in [0.15, 0.2) is 0 Å². The Morgan fingerprint density at radius 3 is 2.78 bits per heavy atom. The van der Waals surface area contributed by atoms with E-state index in [0.29, 0.717) is 13.0 Å². The van der Waals surface area contributed by atoms with E-state index in [1.165, 1.54) is 0 Å². The fourth-order valence-corrected chi connectivity index (χ4v) is 2.40. The Balaban J connectivity index is 2.89. The Labute approximate surface area is 109 Å². The molecule has 0 aliphatic carbocycles. The van der Waals surface area contributed by atoms with Gasteiger partial charge in [0.25, 0.3) is 0 Å². The van der Waals surface area contributed by atoms with Crippen LogP contribution in [0.1, 0.15) is 46.5 Å². The molecule has 1 aliphatic rings. The molecule has 0 spiro atoms. The summed E-state index contributed by atoms with van der Waals surface area (Å²) in [6.45, 7) is 6.14. The van der Waals surface area contributed by atoms with Gasteiger partial charge in [-0.25, -0.2) is 0 Å². The van der Waals surface area contributed by atoms with Crippen molar-refractivity contribution in [3.05, 3.63) is 0 Å². The monoisotopic (exact) mass is 256 g/mol. The van der Waals surface area contributed by atoms with Crippen molar-refractivity contribution in [2.24, 2.45) is 5.73 Å². The third-order valence-corrected chi connectivity index (χ3v) is 3.82. The summed E-state index contributed by atoms with van der Waals surface area (Å²) >= 11 is 0. The molecule has 0 aromatic rings. The average Bonchev–Trinajstić information content (AvgIpc) is 2.43. The predicted molar refractivity (Wildman–Crippen MR) is 68.9 cm³/mol. The van der Waals surface area contributed by atoms with Crippen molar-refractivity contribution in [1.82, 2.24) is 4.90 Å². The van der Waals surface area contributed by atoms with E-state index in [1.54, 1.807) is 11.8 Å². The van der Waals surface area contributed by atoms with Gasteiger partial charge in [-0.05, 0) is 39.5 Å². The van der Waals surface area contributed by atoms with Crippen LogP contribution in [0.25, 0.3) is 0 Å². The molecule has 2 N–H and O–H groups in total. The van der Waals surface area contributed by atoms with Crippen molar-refractivity contribution in [2.75, 3.05) is 13.2 Å². The maximum absolute atomic E-state index is 12.3. The van der Waals surface area contributed by atoms with Gasteiger partial charge in [-0.1, -0.05) is 6.92 Å². The van der Waals surface area contributed by atoms with Crippen LogP contribution in [0.15, 0.2) is 0 Å². The number of nitrogens with zero attached hydrogens (tertiary/aromatic N) is 1. The second-order valence-electron chi connectivity index (χ2n) is 5.08. The molecule has 0 bridgehead atoms. The van der Waals surface area contributed by atoms with E-state index < -0.39 is 6.04 Å². The van der Waals surface area contributed by atoms with Crippen molar-refractivity contribution >= 4 is 11.9 Å². The highest BCUT2D eigenvalue weighted by Crippen LogP contribution is 2.30. The summed E-state index contributed by atoms with van der Waals surface area (Å²) in [4.78, 5) is 25.5. The number of ether oxygens (including phenoxy) is 1. The lowest BCUT2D eigenvalue weighted by Crippen LogP contribution is -2.54. The van der Waals surface area contributed by atoms with Gasteiger partial charge >= 0.3 is 5.97 Å². The molecule has 1 aliphatic heterocycles. The van der Waals surface area contributed by atoms with Crippen LogP contribution in [-0.4, -0.2) is 41.5 Å². The highest BCUT2D eigenvalue weighted by atomic mass is 16.5. The summed E-state index contributed by atoms with van der Waals surface area (Å²) in [5, 5.41) is 0. The van der Waals surface area contributed by atoms with Crippen LogP contribution in [0, 0.1) is 0 Å². The van der Waals surface area contributed by atoms with Gasteiger partial charge in [-0.3, -0.25) is 9.59 Å². The molecule has 5 nitrogen and oxygen atoms in total. The fraction of sp³-hybridized carbons (Fsp3) is 0.846. The highest BCUT2D eigenvalue weighted by Gasteiger charge is 2.39. The minimum absolute atomic E-state index is 0.00468. The minimum Gasteiger partial charge on any atom is -0.465 e. The predicted octanol–water partition coefficient (Wildman–Crippen LogP) is 1.06. The largest absolute Gasteiger partial charge is 0.465 e. The van der Waals surface area contributed by atoms with E-state index in [0.717, 1.165) is 19.3 Å². The number of carbonyl (C=O) groups is 2. The Morgan fingerprint density at radius 2 is 2.22 bits per heavy atom. The summed E-state index contributed by atoms with van der Waals surface area (Å²) in [7, 11) is 0. The van der Waals surface area contributed by atoms with Crippen molar-refractivity contribution < 1.29 is 14.3 Å². The molecule has 5 heteroatoms. The molecule has 18 heavy (non-hydrogen) atoms. The number of rotatable bonds is 4. The van der Waals surface area contributed by atoms with E-state index in [9.17, 15) is 9.59 Å². The van der Waals surface area contributed by atoms with Gasteiger partial charge in [0.2, 0.25) is 5.91 Å². The van der Waals surface area contributed by atoms with Crippen LogP contribution in [-0.2, 0) is 14.3 Å². The first kappa shape index (κ1) is 15.0. The summed E-state index contributed by atoms with van der Waals surface area (Å²) < 4.78 is 4.93. The van der Waals surface area contributed by atoms with Gasteiger partial charge < -0.3 is 15.4 Å². The van der Waals surface area contributed by atoms with Gasteiger partial charge in [-0.2, -0.15) is 0 Å². The zero-order valence-electron chi connectivity index (χ0n) is 11.6. The Bertz CT molecular complexity index is 319. The Hall–Kier alpha value is -1.10. The van der Waals surface area contributed by atoms with E-state index in [2.05, 4.69) is 0 Å². The van der Waals surface area contributed by atoms with Gasteiger partial charge in [0.1, 0.15) is 6.54 Å². The van der Waals surface area contributed by atoms with Crippen LogP contribution < -0.4 is 5.73 Å². The molecular weight excluding hydrogens is 232 g/mol. The molecule has 2 atom stereocenters. The molecule has 0 aromatic heterocycles. The standard InChI is InChI=1S/C13H24N2O3/c1-4-13(3)8-6-7-10(14)12(17)15(13)9-11(16)18-5-2/h10H,4-9,14H2,1-3H3. The third kappa shape index (κ3) is 3.22. The number of carbonyl (C=O) groups excluding carboxylic acids is 2. The van der Waals surface area contributed by atoms with Crippen LogP contribution in [0.3, 0.4) is 0 Å². The SMILES string of the molecule is CCOC(=O)CN1C(=O)C(N)CCCC1(C)CC. The molecule has 1 amide bonds. The molecule has 0 radical (unpaired) electrons. The summed E-state index contributed by atoms with van der Waals surface area (Å²) in [5.74, 6) is -0.496. The average molecular weight is 256 g/mol. The van der Waals surface area contributed by atoms with E-state index in [-0.39, 0.29) is 24.0 Å². The van der Waals surface area contributed by atoms with E-state index >= 15 is 0 Å². The number of nitrogens with two attached hydrogens (primary N) is 1. The maximum atomic E-state index is 12.3. The van der Waals surface area contributed by atoms with E-state index in [4.69, 9.17) is 10.5 Å². The van der Waals surface area contributed by atoms with Gasteiger partial charge in [-0.15, -0.1) is 0 Å². The van der Waals surface area contributed by atoms with Crippen molar-refractivity contribution in [1.29, 1.82) is 0 Å². The lowest BCUT2D eigenvalue weighted by molar-refractivity contribution is -0.153. The van der Waals surface area contributed by atoms with Crippen LogP contribution in [0.2, 0.25) is 0 Å². The molecule has 0 saturated carbocycles. The Kier molecular flexibility index (Phi) is 5.14. The van der Waals surface area contributed by atoms with Crippen molar-refractivity contribution in [3.8, 4) is 0 Å². The topological polar surface area (TPSA) is 72.6 Å². The van der Waals surface area contributed by atoms with Crippen molar-refractivity contribution in [2.45, 2.75) is 58.0 Å². The summed E-state index contributed by atoms with van der Waals surface area (Å²) in [6, 6.07) is -0.493. The second-order valence-corrected chi connectivity index (χ2v) is 5.08. The fourth-order valence-electron chi connectivity index (χ4n) is 2.40. The number of esters is 1. The van der Waals surface area contributed by atoms with Crippen LogP contribution in [0.5, 0.6) is 0 Å². The quantitative estimate of drug-likeness (QED) is 0.763. The number of hydrogen-bond donors (Lipinski definition) is 1. The molecule has 1 fully saturated rings. The Morgan fingerprint density at radius 1 is 1.56 bits per heavy atom. The summed E-state index contributed by atoms with van der Waals surface area (Å²) in [6.07, 6.45) is 3.29. The molecule has 1 heterocycles. The van der Waals surface area contributed by atoms with Gasteiger partial charge in [0, 0.05) is 5.54 Å². The second kappa shape index (κ2) is 6.18. The highest BCUT2D eigenvalue weighted by molar-refractivity contribution is 5.86. The first-order valence-corrected chi connectivity index (χ1v) is 6.67. The van der Waals surface area contributed by atoms with Crippen LogP contribution in [0.4, 0.5) is 0 Å². The van der Waals surface area contributed by atoms with E-state index in [1.807, 2.05) is 13.8 Å². The lowest BCUT2D eigenvalue weighted by Gasteiger charge is -2.39. The molecule has 0 aromatic carbocycles. The number of amides is 1. The number of likely N-dealkylation sites (tertiary alicyclic amines) is 1. The zero-order valence-corrected chi connectivity index (χ0v) is 11.6. The molecular formula is C13H24N2O3. The molecule has 104 valence electrons. The third-order valence-electron chi connectivity index (χ3n) is 3.82. The lowest BCUT2D eigenvalue weighted by atomic mass is 9.91. The minimum atomic E-state index is -0.493. The first-order valence-electron chi connectivity index (χ1n) is 6.67. The number of hydrogen-bond acceptors (Lipinski definition) is 4. The van der Waals surface area contributed by atoms with Crippen LogP contribution >= 0.6 is 0 Å². The molecule has 1 saturated heterocycles. The zero-order chi connectivity index (χ0) is 13.8. The smallest absolute Gasteiger partial charge is 0.325 e. The normalized spacial score (nSPS) is 29.0. The summed E-state index contributed by atoms with van der Waals surface area (Å²) in [5.41, 5.74) is 5.56. The molecule has 2 unspecified atom stereocenters. The first-order chi connectivity index (χ1) is 8.44. The van der Waals surface area contributed by atoms with Crippen molar-refractivity contribution in [3.63, 3.8) is 0 Å². The molecule has 1 rings (SSSR count). The van der Waals surface area contributed by atoms with Gasteiger partial charge in [0.05, 0.1) is 12.6 Å².